The van der Waals surface area contributed by atoms with E-state index in [2.05, 4.69) is 52.3 Å². The minimum Gasteiger partial charge on any atom is -0.497 e. The number of benzene rings is 2. The summed E-state index contributed by atoms with van der Waals surface area (Å²) in [7, 11) is 1.69. The number of anilines is 1. The van der Waals surface area contributed by atoms with E-state index in [4.69, 9.17) is 9.47 Å². The van der Waals surface area contributed by atoms with Gasteiger partial charge in [0.15, 0.2) is 0 Å². The van der Waals surface area contributed by atoms with Gasteiger partial charge in [0.2, 0.25) is 0 Å². The average Bonchev–Trinajstić information content (AvgIpc) is 2.68. The lowest BCUT2D eigenvalue weighted by Gasteiger charge is -2.34. The molecule has 3 aromatic rings. The highest BCUT2D eigenvalue weighted by Gasteiger charge is 2.22. The summed E-state index contributed by atoms with van der Waals surface area (Å²) >= 11 is 0. The fraction of sp³-hybridized carbons (Fsp3) is 0.250. The molecule has 122 valence electrons. The lowest BCUT2D eigenvalue weighted by molar-refractivity contribution is 0.0399. The second-order valence-corrected chi connectivity index (χ2v) is 5.98. The Kier molecular flexibility index (Phi) is 4.05. The first-order valence-electron chi connectivity index (χ1n) is 8.18. The van der Waals surface area contributed by atoms with E-state index in [0.717, 1.165) is 25.4 Å². The van der Waals surface area contributed by atoms with Gasteiger partial charge in [-0.1, -0.05) is 18.2 Å². The Morgan fingerprint density at radius 3 is 2.67 bits per heavy atom. The zero-order chi connectivity index (χ0) is 16.4. The third-order valence-electron chi connectivity index (χ3n) is 4.54. The van der Waals surface area contributed by atoms with Crippen LogP contribution in [0, 0.1) is 0 Å². The number of methoxy groups -OCH3 is 1. The molecule has 4 nitrogen and oxygen atoms in total. The van der Waals surface area contributed by atoms with Crippen molar-refractivity contribution >= 4 is 16.5 Å². The fourth-order valence-electron chi connectivity index (χ4n) is 3.21. The molecule has 0 aliphatic carbocycles. The lowest BCUT2D eigenvalue weighted by Crippen LogP contribution is -2.38. The monoisotopic (exact) mass is 320 g/mol. The highest BCUT2D eigenvalue weighted by molar-refractivity contribution is 5.84. The predicted octanol–water partition coefficient (Wildman–Crippen LogP) is 3.82. The van der Waals surface area contributed by atoms with Crippen LogP contribution in [0.4, 0.5) is 5.69 Å². The van der Waals surface area contributed by atoms with Crippen LogP contribution in [0.1, 0.15) is 11.7 Å². The maximum Gasteiger partial charge on any atom is 0.119 e. The van der Waals surface area contributed by atoms with Crippen molar-refractivity contribution in [3.8, 4) is 5.75 Å². The highest BCUT2D eigenvalue weighted by Crippen LogP contribution is 2.29. The van der Waals surface area contributed by atoms with E-state index in [1.807, 2.05) is 18.5 Å². The molecular weight excluding hydrogens is 300 g/mol. The van der Waals surface area contributed by atoms with Crippen molar-refractivity contribution in [3.05, 3.63) is 66.5 Å². The molecule has 1 aromatic heterocycles. The van der Waals surface area contributed by atoms with Crippen LogP contribution >= 0.6 is 0 Å². The van der Waals surface area contributed by atoms with E-state index < -0.39 is 0 Å². The number of ether oxygens (including phenoxy) is 2. The molecule has 0 saturated carbocycles. The summed E-state index contributed by atoms with van der Waals surface area (Å²) in [6, 6.07) is 16.8. The SMILES string of the molecule is COc1ccc2cc(C3CN(c4ccncc4)CCO3)ccc2c1. The van der Waals surface area contributed by atoms with Gasteiger partial charge in [-0.05, 0) is 46.7 Å². The molecular formula is C20H20N2O2. The summed E-state index contributed by atoms with van der Waals surface area (Å²) in [6.45, 7) is 2.49. The zero-order valence-electron chi connectivity index (χ0n) is 13.7. The molecule has 24 heavy (non-hydrogen) atoms. The number of nitrogens with zero attached hydrogens (tertiary/aromatic N) is 2. The van der Waals surface area contributed by atoms with Crippen molar-refractivity contribution in [1.82, 2.24) is 4.98 Å². The molecule has 0 bridgehead atoms. The Morgan fingerprint density at radius 1 is 1.04 bits per heavy atom. The van der Waals surface area contributed by atoms with Gasteiger partial charge in [-0.2, -0.15) is 0 Å². The predicted molar refractivity (Wildman–Crippen MR) is 95.6 cm³/mol. The second kappa shape index (κ2) is 6.49. The molecule has 1 saturated heterocycles. The molecule has 4 rings (SSSR count). The van der Waals surface area contributed by atoms with E-state index in [9.17, 15) is 0 Å². The number of hydrogen-bond acceptors (Lipinski definition) is 4. The number of aromatic nitrogens is 1. The van der Waals surface area contributed by atoms with Gasteiger partial charge in [0.25, 0.3) is 0 Å². The highest BCUT2D eigenvalue weighted by atomic mass is 16.5. The topological polar surface area (TPSA) is 34.6 Å². The standard InChI is InChI=1S/C20H20N2O2/c1-23-19-5-4-15-12-17(3-2-16(15)13-19)20-14-22(10-11-24-20)18-6-8-21-9-7-18/h2-9,12-13,20H,10-11,14H2,1H3. The van der Waals surface area contributed by atoms with Gasteiger partial charge in [-0.15, -0.1) is 0 Å². The molecule has 0 spiro atoms. The summed E-state index contributed by atoms with van der Waals surface area (Å²) in [6.07, 6.45) is 3.75. The Hall–Kier alpha value is -2.59. The average molecular weight is 320 g/mol. The first-order chi connectivity index (χ1) is 11.8. The quantitative estimate of drug-likeness (QED) is 0.735. The molecule has 4 heteroatoms. The van der Waals surface area contributed by atoms with Gasteiger partial charge in [-0.3, -0.25) is 4.98 Å². The molecule has 1 fully saturated rings. The largest absolute Gasteiger partial charge is 0.497 e. The summed E-state index contributed by atoms with van der Waals surface area (Å²) in [5.74, 6) is 0.882. The van der Waals surface area contributed by atoms with Crippen molar-refractivity contribution in [3.63, 3.8) is 0 Å². The Balaban J connectivity index is 1.59. The maximum absolute atomic E-state index is 6.03. The third-order valence-corrected chi connectivity index (χ3v) is 4.54. The van der Waals surface area contributed by atoms with Crippen molar-refractivity contribution in [2.45, 2.75) is 6.10 Å². The summed E-state index contributed by atoms with van der Waals surface area (Å²) in [4.78, 5) is 6.45. The van der Waals surface area contributed by atoms with Crippen LogP contribution in [0.5, 0.6) is 5.75 Å². The van der Waals surface area contributed by atoms with Gasteiger partial charge >= 0.3 is 0 Å². The van der Waals surface area contributed by atoms with Crippen molar-refractivity contribution in [2.75, 3.05) is 31.7 Å². The molecule has 0 amide bonds. The van der Waals surface area contributed by atoms with Crippen LogP contribution in [0.25, 0.3) is 10.8 Å². The maximum atomic E-state index is 6.03. The van der Waals surface area contributed by atoms with Gasteiger partial charge in [0.05, 0.1) is 13.7 Å². The third kappa shape index (κ3) is 2.93. The van der Waals surface area contributed by atoms with E-state index in [1.54, 1.807) is 7.11 Å². The van der Waals surface area contributed by atoms with Gasteiger partial charge in [0.1, 0.15) is 11.9 Å². The Labute approximate surface area is 141 Å². The number of hydrogen-bond donors (Lipinski definition) is 0. The van der Waals surface area contributed by atoms with E-state index in [0.29, 0.717) is 0 Å². The van der Waals surface area contributed by atoms with E-state index in [1.165, 1.54) is 22.0 Å². The first-order valence-corrected chi connectivity index (χ1v) is 8.18. The second-order valence-electron chi connectivity index (χ2n) is 5.98. The van der Waals surface area contributed by atoms with E-state index >= 15 is 0 Å². The molecule has 2 heterocycles. The smallest absolute Gasteiger partial charge is 0.119 e. The van der Waals surface area contributed by atoms with Gasteiger partial charge < -0.3 is 14.4 Å². The number of pyridine rings is 1. The minimum atomic E-state index is 0.0819. The van der Waals surface area contributed by atoms with E-state index in [-0.39, 0.29) is 6.10 Å². The summed E-state index contributed by atoms with van der Waals surface area (Å²) in [5, 5.41) is 2.39. The van der Waals surface area contributed by atoms with Crippen LogP contribution in [0.15, 0.2) is 60.9 Å². The van der Waals surface area contributed by atoms with Crippen molar-refractivity contribution < 1.29 is 9.47 Å². The van der Waals surface area contributed by atoms with Gasteiger partial charge in [0, 0.05) is 31.2 Å². The van der Waals surface area contributed by atoms with Crippen LogP contribution in [-0.2, 0) is 4.74 Å². The Morgan fingerprint density at radius 2 is 1.83 bits per heavy atom. The number of rotatable bonds is 3. The molecule has 2 aromatic carbocycles. The molecule has 0 N–H and O–H groups in total. The molecule has 1 aliphatic heterocycles. The van der Waals surface area contributed by atoms with Crippen LogP contribution in [0.2, 0.25) is 0 Å². The minimum absolute atomic E-state index is 0.0819. The van der Waals surface area contributed by atoms with Crippen LogP contribution < -0.4 is 9.64 Å². The number of fused-ring (bicyclic) bond motifs is 1. The summed E-state index contributed by atoms with van der Waals surface area (Å²) in [5.41, 5.74) is 2.41. The van der Waals surface area contributed by atoms with Crippen molar-refractivity contribution in [1.29, 1.82) is 0 Å². The molecule has 1 atom stereocenters. The first kappa shape index (κ1) is 15.0. The van der Waals surface area contributed by atoms with Crippen LogP contribution in [-0.4, -0.2) is 31.8 Å². The Bertz CT molecular complexity index is 835. The molecule has 1 unspecified atom stereocenters. The van der Waals surface area contributed by atoms with Crippen molar-refractivity contribution in [2.24, 2.45) is 0 Å². The van der Waals surface area contributed by atoms with Crippen LogP contribution in [0.3, 0.4) is 0 Å². The normalized spacial score (nSPS) is 17.9. The molecule has 0 radical (unpaired) electrons. The zero-order valence-corrected chi connectivity index (χ0v) is 13.7. The summed E-state index contributed by atoms with van der Waals surface area (Å²) < 4.78 is 11.3. The fourth-order valence-corrected chi connectivity index (χ4v) is 3.21. The lowest BCUT2D eigenvalue weighted by atomic mass is 10.0. The van der Waals surface area contributed by atoms with Gasteiger partial charge in [-0.25, -0.2) is 0 Å². The number of morpholine rings is 1. The molecule has 1 aliphatic rings.